The second-order valence-corrected chi connectivity index (χ2v) is 8.53. The zero-order valence-corrected chi connectivity index (χ0v) is 20.5. The molecule has 0 unspecified atom stereocenters. The Hall–Kier alpha value is -3.76. The summed E-state index contributed by atoms with van der Waals surface area (Å²) in [6, 6.07) is 6.29. The van der Waals surface area contributed by atoms with Crippen LogP contribution in [0, 0.1) is 5.82 Å². The van der Waals surface area contributed by atoms with Gasteiger partial charge in [-0.15, -0.1) is 0 Å². The molecule has 0 radical (unpaired) electrons. The van der Waals surface area contributed by atoms with Crippen LogP contribution in [-0.4, -0.2) is 51.7 Å². The number of aromatic nitrogens is 3. The van der Waals surface area contributed by atoms with Crippen LogP contribution in [0.25, 0.3) is 22.7 Å². The molecule has 2 heterocycles. The molecule has 10 nitrogen and oxygen atoms in total. The predicted molar refractivity (Wildman–Crippen MR) is 132 cm³/mol. The number of halogens is 1. The lowest BCUT2D eigenvalue weighted by molar-refractivity contribution is 0.395. The van der Waals surface area contributed by atoms with E-state index in [0.717, 1.165) is 0 Å². The van der Waals surface area contributed by atoms with Crippen molar-refractivity contribution in [3.63, 3.8) is 0 Å². The lowest BCUT2D eigenvalue weighted by atomic mass is 9.92. The summed E-state index contributed by atoms with van der Waals surface area (Å²) < 4.78 is 26.8. The first kappa shape index (κ1) is 25.9. The highest BCUT2D eigenvalue weighted by atomic mass is 32.1. The summed E-state index contributed by atoms with van der Waals surface area (Å²) in [4.78, 5) is 26.5. The summed E-state index contributed by atoms with van der Waals surface area (Å²) in [6.07, 6.45) is 5.88. The molecular weight excluding hydrogens is 473 g/mol. The highest BCUT2D eigenvalue weighted by Crippen LogP contribution is 2.33. The van der Waals surface area contributed by atoms with Crippen LogP contribution in [0.2, 0.25) is 0 Å². The number of isocyanates is 1. The Morgan fingerprint density at radius 2 is 2.06 bits per heavy atom. The van der Waals surface area contributed by atoms with E-state index in [-0.39, 0.29) is 5.96 Å². The van der Waals surface area contributed by atoms with Crippen LogP contribution in [0.15, 0.2) is 51.2 Å². The number of hydrogen-bond acceptors (Lipinski definition) is 9. The van der Waals surface area contributed by atoms with Crippen molar-refractivity contribution in [3.8, 4) is 28.6 Å². The molecule has 1 aromatic carbocycles. The van der Waals surface area contributed by atoms with Gasteiger partial charge >= 0.3 is 0 Å². The summed E-state index contributed by atoms with van der Waals surface area (Å²) in [5.41, 5.74) is 7.03. The molecule has 0 fully saturated rings. The molecule has 0 saturated carbocycles. The molecule has 2 aromatic heterocycles. The molecule has 184 valence electrons. The maximum atomic E-state index is 14.8. The standard InChI is InChI=1S/C23H26FN7O3S/c1-23(2,29-22(25)31(35)9-5-4-8-26-14-32)16-10-15(6-7-17(16)24)20-11-18(30-34-20)19-12-28-21(33-3)13-27-19/h6-7,10-13,35H,4-5,8-9H2,1-3H3,(H2,25,29). The maximum Gasteiger partial charge on any atom is 0.234 e. The van der Waals surface area contributed by atoms with Gasteiger partial charge in [-0.2, -0.15) is 0 Å². The summed E-state index contributed by atoms with van der Waals surface area (Å²) in [5.74, 6) is 0.519. The van der Waals surface area contributed by atoms with Crippen molar-refractivity contribution in [1.82, 2.24) is 19.4 Å². The Morgan fingerprint density at radius 3 is 2.74 bits per heavy atom. The van der Waals surface area contributed by atoms with Crippen LogP contribution >= 0.6 is 12.8 Å². The minimum atomic E-state index is -1.00. The van der Waals surface area contributed by atoms with E-state index in [1.54, 1.807) is 32.0 Å². The number of rotatable bonds is 10. The number of aliphatic imine (C=N–C) groups is 2. The highest BCUT2D eigenvalue weighted by Gasteiger charge is 2.26. The van der Waals surface area contributed by atoms with Gasteiger partial charge in [-0.05, 0) is 44.9 Å². The van der Waals surface area contributed by atoms with Gasteiger partial charge in [-0.25, -0.2) is 29.1 Å². The van der Waals surface area contributed by atoms with Crippen molar-refractivity contribution in [1.29, 1.82) is 0 Å². The Balaban J connectivity index is 1.79. The molecular formula is C23H26FN7O3S. The van der Waals surface area contributed by atoms with E-state index in [9.17, 15) is 9.18 Å². The van der Waals surface area contributed by atoms with E-state index in [1.807, 2.05) is 0 Å². The van der Waals surface area contributed by atoms with Gasteiger partial charge in [0.05, 0.1) is 31.6 Å². The van der Waals surface area contributed by atoms with Gasteiger partial charge < -0.3 is 15.0 Å². The molecule has 0 aliphatic rings. The van der Waals surface area contributed by atoms with Gasteiger partial charge in [-0.1, -0.05) is 18.0 Å². The summed E-state index contributed by atoms with van der Waals surface area (Å²) in [5, 5.41) is 4.05. The van der Waals surface area contributed by atoms with Gasteiger partial charge in [0.15, 0.2) is 5.76 Å². The minimum absolute atomic E-state index is 0.141. The monoisotopic (exact) mass is 499 g/mol. The van der Waals surface area contributed by atoms with Crippen molar-refractivity contribution in [2.24, 2.45) is 15.7 Å². The van der Waals surface area contributed by atoms with Gasteiger partial charge in [0.25, 0.3) is 0 Å². The molecule has 0 spiro atoms. The number of guanidine groups is 1. The number of methoxy groups -OCH3 is 1. The van der Waals surface area contributed by atoms with E-state index < -0.39 is 11.4 Å². The molecule has 0 atom stereocenters. The Bertz CT molecular complexity index is 1220. The number of hydrogen-bond donors (Lipinski definition) is 2. The predicted octanol–water partition coefficient (Wildman–Crippen LogP) is 3.76. The lowest BCUT2D eigenvalue weighted by Crippen LogP contribution is -2.34. The topological polar surface area (TPSA) is 132 Å². The van der Waals surface area contributed by atoms with Gasteiger partial charge in [0, 0.05) is 23.7 Å². The molecule has 35 heavy (non-hydrogen) atoms. The zero-order chi connectivity index (χ0) is 25.4. The molecule has 3 rings (SSSR count). The number of nitrogens with two attached hydrogens (primary N) is 1. The first-order valence-electron chi connectivity index (χ1n) is 10.7. The van der Waals surface area contributed by atoms with Crippen molar-refractivity contribution < 1.29 is 18.4 Å². The van der Waals surface area contributed by atoms with E-state index in [2.05, 4.69) is 37.9 Å². The van der Waals surface area contributed by atoms with E-state index >= 15 is 0 Å². The van der Waals surface area contributed by atoms with Crippen molar-refractivity contribution in [2.45, 2.75) is 32.2 Å². The van der Waals surface area contributed by atoms with Crippen molar-refractivity contribution in [2.75, 3.05) is 20.2 Å². The molecule has 0 aliphatic carbocycles. The van der Waals surface area contributed by atoms with Crippen LogP contribution in [0.5, 0.6) is 5.88 Å². The number of carbonyl (C=O) groups excluding carboxylic acids is 1. The average molecular weight is 500 g/mol. The highest BCUT2D eigenvalue weighted by molar-refractivity contribution is 7.78. The second kappa shape index (κ2) is 11.6. The SMILES string of the molecule is COc1cnc(-c2cc(-c3ccc(F)c(C(C)(C)N=C(N)N(S)CCCCN=C=O)c3)on2)cn1. The van der Waals surface area contributed by atoms with Crippen LogP contribution in [0.1, 0.15) is 32.3 Å². The lowest BCUT2D eigenvalue weighted by Gasteiger charge is -2.25. The first-order chi connectivity index (χ1) is 16.7. The van der Waals surface area contributed by atoms with Gasteiger partial charge in [0.1, 0.15) is 17.2 Å². The average Bonchev–Trinajstić information content (AvgIpc) is 3.34. The van der Waals surface area contributed by atoms with Crippen LogP contribution in [-0.2, 0) is 10.3 Å². The number of thiol groups is 1. The molecule has 2 N–H and O–H groups in total. The molecule has 0 saturated heterocycles. The minimum Gasteiger partial charge on any atom is -0.480 e. The summed E-state index contributed by atoms with van der Waals surface area (Å²) in [6.45, 7) is 4.38. The quantitative estimate of drug-likeness (QED) is 0.142. The number of unbranched alkanes of at least 4 members (excludes halogenated alkanes) is 1. The smallest absolute Gasteiger partial charge is 0.234 e. The Morgan fingerprint density at radius 1 is 1.26 bits per heavy atom. The van der Waals surface area contributed by atoms with Crippen LogP contribution in [0.4, 0.5) is 4.39 Å². The maximum absolute atomic E-state index is 14.8. The van der Waals surface area contributed by atoms with E-state index in [4.69, 9.17) is 15.0 Å². The van der Waals surface area contributed by atoms with Crippen LogP contribution < -0.4 is 10.5 Å². The fourth-order valence-electron chi connectivity index (χ4n) is 3.25. The first-order valence-corrected chi connectivity index (χ1v) is 11.1. The Labute approximate surface area is 207 Å². The molecule has 12 heteroatoms. The van der Waals surface area contributed by atoms with Gasteiger partial charge in [0.2, 0.25) is 17.9 Å². The second-order valence-electron chi connectivity index (χ2n) is 8.05. The van der Waals surface area contributed by atoms with Crippen LogP contribution in [0.3, 0.4) is 0 Å². The van der Waals surface area contributed by atoms with E-state index in [0.29, 0.717) is 60.1 Å². The molecule has 0 aliphatic heterocycles. The molecule has 0 amide bonds. The fourth-order valence-corrected chi connectivity index (χ4v) is 3.44. The summed E-state index contributed by atoms with van der Waals surface area (Å²) in [7, 11) is 1.50. The molecule has 3 aromatic rings. The zero-order valence-electron chi connectivity index (χ0n) is 19.6. The Kier molecular flexibility index (Phi) is 8.56. The fraction of sp³-hybridized carbons (Fsp3) is 0.348. The summed E-state index contributed by atoms with van der Waals surface area (Å²) >= 11 is 4.36. The number of benzene rings is 1. The third-order valence-electron chi connectivity index (χ3n) is 5.13. The third-order valence-corrected chi connectivity index (χ3v) is 5.54. The normalized spacial score (nSPS) is 11.7. The third kappa shape index (κ3) is 6.65. The number of nitrogens with zero attached hydrogens (tertiary/aromatic N) is 6. The molecule has 0 bridgehead atoms. The van der Waals surface area contributed by atoms with E-state index in [1.165, 1.54) is 36.0 Å². The largest absolute Gasteiger partial charge is 0.480 e. The van der Waals surface area contributed by atoms with Gasteiger partial charge in [-0.3, -0.25) is 4.31 Å². The van der Waals surface area contributed by atoms with Crippen molar-refractivity contribution >= 4 is 24.9 Å². The van der Waals surface area contributed by atoms with Crippen molar-refractivity contribution in [3.05, 3.63) is 48.0 Å². The number of ether oxygens (including phenoxy) is 1.